The van der Waals surface area contributed by atoms with Crippen LogP contribution in [0.5, 0.6) is 0 Å². The quantitative estimate of drug-likeness (QED) is 0.171. The number of pyridine rings is 2. The smallest absolute Gasteiger partial charge is 0.0948 e. The molecule has 0 saturated carbocycles. The zero-order valence-electron chi connectivity index (χ0n) is 27.8. The lowest BCUT2D eigenvalue weighted by Gasteiger charge is -2.17. The van der Waals surface area contributed by atoms with E-state index >= 15 is 0 Å². The first-order valence-corrected chi connectivity index (χ1v) is 15.9. The molecule has 0 aliphatic heterocycles. The summed E-state index contributed by atoms with van der Waals surface area (Å²) >= 11 is 6.43. The van der Waals surface area contributed by atoms with E-state index in [0.29, 0.717) is 11.1 Å². The number of nitrogens with one attached hydrogen (secondary N) is 1. The van der Waals surface area contributed by atoms with Gasteiger partial charge >= 0.3 is 0 Å². The molecule has 1 unspecified atom stereocenters. The summed E-state index contributed by atoms with van der Waals surface area (Å²) in [6.45, 7) is 8.36. The molecular formula is C38H36ClN9. The Kier molecular flexibility index (Phi) is 10.3. The summed E-state index contributed by atoms with van der Waals surface area (Å²) in [5.41, 5.74) is 10.5. The van der Waals surface area contributed by atoms with Gasteiger partial charge in [0.2, 0.25) is 0 Å². The van der Waals surface area contributed by atoms with Crippen LogP contribution in [0.25, 0.3) is 56.7 Å². The Labute approximate surface area is 285 Å². The van der Waals surface area contributed by atoms with E-state index in [1.54, 1.807) is 24.9 Å². The third-order valence-electron chi connectivity index (χ3n) is 8.19. The fourth-order valence-electron chi connectivity index (χ4n) is 5.32. The number of halogens is 1. The molecule has 1 N–H and O–H groups in total. The third-order valence-corrected chi connectivity index (χ3v) is 8.50. The van der Waals surface area contributed by atoms with Crippen molar-refractivity contribution < 1.29 is 0 Å². The van der Waals surface area contributed by atoms with Gasteiger partial charge in [0.15, 0.2) is 0 Å². The van der Waals surface area contributed by atoms with E-state index in [9.17, 15) is 0 Å². The van der Waals surface area contributed by atoms with Gasteiger partial charge in [-0.15, -0.1) is 0 Å². The van der Waals surface area contributed by atoms with Gasteiger partial charge in [-0.3, -0.25) is 0 Å². The van der Waals surface area contributed by atoms with Crippen LogP contribution in [0.1, 0.15) is 42.5 Å². The number of imidazole rings is 2. The fraction of sp³-hybridized carbons (Fsp3) is 0.211. The first-order valence-electron chi connectivity index (χ1n) is 15.5. The van der Waals surface area contributed by atoms with E-state index in [4.69, 9.17) is 27.1 Å². The second-order valence-corrected chi connectivity index (χ2v) is 12.1. The van der Waals surface area contributed by atoms with Crippen molar-refractivity contribution in [2.45, 2.75) is 40.2 Å². The maximum Gasteiger partial charge on any atom is 0.0948 e. The number of hydrogen-bond donors (Lipinski definition) is 1. The Morgan fingerprint density at radius 1 is 0.792 bits per heavy atom. The van der Waals surface area contributed by atoms with Crippen molar-refractivity contribution in [1.29, 1.82) is 10.5 Å². The highest BCUT2D eigenvalue weighted by Crippen LogP contribution is 2.32. The molecule has 0 radical (unpaired) electrons. The number of aromatic nitrogens is 6. The highest BCUT2D eigenvalue weighted by Gasteiger charge is 2.14. The predicted octanol–water partition coefficient (Wildman–Crippen LogP) is 8.82. The number of anilines is 1. The highest BCUT2D eigenvalue weighted by molar-refractivity contribution is 6.35. The number of allylic oxidation sites excluding steroid dienone is 2. The Hall–Kier alpha value is -5.77. The molecule has 0 amide bonds. The van der Waals surface area contributed by atoms with Gasteiger partial charge in [-0.2, -0.15) is 10.5 Å². The average Bonchev–Trinajstić information content (AvgIpc) is 3.70. The molecule has 6 rings (SSSR count). The summed E-state index contributed by atoms with van der Waals surface area (Å²) in [6.07, 6.45) is 14.7. The molecule has 9 nitrogen and oxygen atoms in total. The highest BCUT2D eigenvalue weighted by atomic mass is 35.5. The Balaban J connectivity index is 0.000000190. The molecule has 0 aliphatic rings. The molecule has 6 aromatic rings. The van der Waals surface area contributed by atoms with E-state index in [2.05, 4.69) is 58.4 Å². The molecule has 1 atom stereocenters. The predicted molar refractivity (Wildman–Crippen MR) is 195 cm³/mol. The van der Waals surface area contributed by atoms with Crippen LogP contribution in [-0.2, 0) is 14.1 Å². The number of aryl methyl sites for hydroxylation is 4. The van der Waals surface area contributed by atoms with Crippen LogP contribution >= 0.6 is 11.6 Å². The topological polar surface area (TPSA) is 121 Å². The summed E-state index contributed by atoms with van der Waals surface area (Å²) in [6, 6.07) is 16.5. The van der Waals surface area contributed by atoms with E-state index in [1.165, 1.54) is 12.2 Å². The molecule has 0 spiro atoms. The minimum Gasteiger partial charge on any atom is -0.382 e. The molecule has 4 heterocycles. The normalized spacial score (nSPS) is 11.9. The second kappa shape index (κ2) is 14.8. The lowest BCUT2D eigenvalue weighted by Crippen LogP contribution is -2.14. The third kappa shape index (κ3) is 7.28. The lowest BCUT2D eigenvalue weighted by molar-refractivity contribution is 0.765. The number of benzene rings is 2. The van der Waals surface area contributed by atoms with Crippen molar-refractivity contribution in [1.82, 2.24) is 29.1 Å². The molecule has 0 fully saturated rings. The van der Waals surface area contributed by atoms with Gasteiger partial charge in [-0.25, -0.2) is 19.9 Å². The molecule has 0 bridgehead atoms. The molecule has 0 aliphatic carbocycles. The van der Waals surface area contributed by atoms with E-state index in [-0.39, 0.29) is 0 Å². The summed E-state index contributed by atoms with van der Waals surface area (Å²) in [7, 11) is 3.89. The zero-order chi connectivity index (χ0) is 34.4. The number of rotatable bonds is 7. The summed E-state index contributed by atoms with van der Waals surface area (Å²) in [5.74, 6) is 0. The van der Waals surface area contributed by atoms with Gasteiger partial charge in [-0.05, 0) is 98.0 Å². The Bertz CT molecular complexity index is 2260. The van der Waals surface area contributed by atoms with Crippen LogP contribution in [0, 0.1) is 36.5 Å². The van der Waals surface area contributed by atoms with Crippen LogP contribution in [0.2, 0.25) is 5.02 Å². The molecule has 48 heavy (non-hydrogen) atoms. The molecule has 10 heteroatoms. The lowest BCUT2D eigenvalue weighted by atomic mass is 10.0. The van der Waals surface area contributed by atoms with Crippen molar-refractivity contribution in [2.75, 3.05) is 5.32 Å². The van der Waals surface area contributed by atoms with Crippen LogP contribution in [-0.4, -0.2) is 35.1 Å². The van der Waals surface area contributed by atoms with Gasteiger partial charge in [0.25, 0.3) is 0 Å². The van der Waals surface area contributed by atoms with Crippen LogP contribution in [0.15, 0.2) is 73.6 Å². The van der Waals surface area contributed by atoms with Crippen molar-refractivity contribution in [3.63, 3.8) is 0 Å². The SMILES string of the molecule is CCC(C)Nc1cc(-c2cncn2C)nc2cc(C)c(/C=C/C#N)cc12.Cc1cc2nc(-c3cncn3C)cc(Cl)c2cc1/C=C/C#N. The minimum absolute atomic E-state index is 0.347. The maximum absolute atomic E-state index is 8.84. The van der Waals surface area contributed by atoms with Gasteiger partial charge < -0.3 is 14.5 Å². The number of nitriles is 2. The van der Waals surface area contributed by atoms with Crippen LogP contribution in [0.4, 0.5) is 5.69 Å². The molecular weight excluding hydrogens is 618 g/mol. The van der Waals surface area contributed by atoms with E-state index in [1.807, 2.05) is 73.6 Å². The standard InChI is InChI=1S/C21H23N5.C17H13ClN4/c1-5-15(3)24-19-11-20(21-12-23-13-26(21)4)25-18-9-14(2)16(7-6-8-22)10-17(18)19;1-11-6-15-13(7-12(11)4-3-5-19)14(18)8-16(21-15)17-9-20-10-22(17)2/h6-7,9-13,15H,5H2,1-4H3,(H,24,25);3-4,6-10H,1-2H3/b7-6+;4-3+. The van der Waals surface area contributed by atoms with Crippen LogP contribution in [0.3, 0.4) is 0 Å². The van der Waals surface area contributed by atoms with Gasteiger partial charge in [0.1, 0.15) is 0 Å². The summed E-state index contributed by atoms with van der Waals surface area (Å²) < 4.78 is 3.87. The first-order chi connectivity index (χ1) is 23.1. The fourth-order valence-corrected chi connectivity index (χ4v) is 5.57. The average molecular weight is 654 g/mol. The molecule has 2 aromatic carbocycles. The molecule has 0 saturated heterocycles. The van der Waals surface area contributed by atoms with Gasteiger partial charge in [0, 0.05) is 48.7 Å². The van der Waals surface area contributed by atoms with Crippen LogP contribution < -0.4 is 5.32 Å². The van der Waals surface area contributed by atoms with E-state index < -0.39 is 0 Å². The summed E-state index contributed by atoms with van der Waals surface area (Å²) in [4.78, 5) is 17.9. The summed E-state index contributed by atoms with van der Waals surface area (Å²) in [5, 5.41) is 23.7. The Morgan fingerprint density at radius 3 is 1.77 bits per heavy atom. The second-order valence-electron chi connectivity index (χ2n) is 11.7. The molecule has 240 valence electrons. The van der Waals surface area contributed by atoms with Crippen molar-refractivity contribution in [3.05, 3.63) is 101 Å². The largest absolute Gasteiger partial charge is 0.382 e. The number of fused-ring (bicyclic) bond motifs is 2. The van der Waals surface area contributed by atoms with Gasteiger partial charge in [-0.1, -0.05) is 18.5 Å². The number of nitrogens with zero attached hydrogens (tertiary/aromatic N) is 8. The number of hydrogen-bond acceptors (Lipinski definition) is 7. The zero-order valence-corrected chi connectivity index (χ0v) is 28.6. The van der Waals surface area contributed by atoms with E-state index in [0.717, 1.165) is 78.9 Å². The molecule has 4 aromatic heterocycles. The monoisotopic (exact) mass is 653 g/mol. The Morgan fingerprint density at radius 2 is 1.29 bits per heavy atom. The maximum atomic E-state index is 8.84. The van der Waals surface area contributed by atoms with Gasteiger partial charge in [0.05, 0.1) is 76.0 Å². The first kappa shape index (κ1) is 33.6. The minimum atomic E-state index is 0.347. The van der Waals surface area contributed by atoms with Crippen molar-refractivity contribution in [2.24, 2.45) is 14.1 Å². The van der Waals surface area contributed by atoms with Crippen molar-refractivity contribution in [3.8, 4) is 34.9 Å². The van der Waals surface area contributed by atoms with Crippen molar-refractivity contribution >= 4 is 51.2 Å².